The number of carbonyl (C=O) groups is 1. The van der Waals surface area contributed by atoms with Crippen molar-refractivity contribution in [3.8, 4) is 0 Å². The average molecular weight is 338 g/mol. The van der Waals surface area contributed by atoms with Crippen LogP contribution in [-0.4, -0.2) is 24.3 Å². The van der Waals surface area contributed by atoms with Gasteiger partial charge in [-0.2, -0.15) is 0 Å². The van der Waals surface area contributed by atoms with Crippen LogP contribution in [0.4, 0.5) is 0 Å². The van der Waals surface area contributed by atoms with Gasteiger partial charge in [-0.3, -0.25) is 4.79 Å². The molecule has 20 heavy (non-hydrogen) atoms. The number of nitrogens with zero attached hydrogens (tertiary/aromatic N) is 1. The number of carbonyl (C=O) groups excluding carboxylic acids is 1. The zero-order chi connectivity index (χ0) is 14.8. The predicted molar refractivity (Wildman–Crippen MR) is 86.6 cm³/mol. The summed E-state index contributed by atoms with van der Waals surface area (Å²) in [5.41, 5.74) is 1.16. The summed E-state index contributed by atoms with van der Waals surface area (Å²) in [6, 6.07) is 8.37. The van der Waals surface area contributed by atoms with E-state index in [1.807, 2.05) is 6.07 Å². The number of rotatable bonds is 4. The lowest BCUT2D eigenvalue weighted by atomic mass is 9.71. The number of hydrogen-bond acceptors (Lipinski definition) is 2. The highest BCUT2D eigenvalue weighted by molar-refractivity contribution is 9.10. The molecule has 0 aromatic heterocycles. The van der Waals surface area contributed by atoms with Gasteiger partial charge in [0.1, 0.15) is 5.78 Å². The highest BCUT2D eigenvalue weighted by atomic mass is 79.9. The number of benzene rings is 1. The number of ketones is 1. The molecule has 0 bridgehead atoms. The summed E-state index contributed by atoms with van der Waals surface area (Å²) >= 11 is 3.50. The zero-order valence-corrected chi connectivity index (χ0v) is 14.2. The van der Waals surface area contributed by atoms with E-state index in [0.29, 0.717) is 5.78 Å². The summed E-state index contributed by atoms with van der Waals surface area (Å²) in [6.45, 7) is 5.95. The zero-order valence-electron chi connectivity index (χ0n) is 12.7. The Labute approximate surface area is 130 Å². The molecule has 1 fully saturated rings. The molecule has 1 atom stereocenters. The quantitative estimate of drug-likeness (QED) is 0.817. The minimum atomic E-state index is -0.125. The van der Waals surface area contributed by atoms with Crippen molar-refractivity contribution in [1.29, 1.82) is 0 Å². The van der Waals surface area contributed by atoms with Crippen molar-refractivity contribution in [2.45, 2.75) is 39.7 Å². The minimum Gasteiger partial charge on any atom is -0.301 e. The second kappa shape index (κ2) is 6.40. The first kappa shape index (κ1) is 15.7. The molecule has 1 unspecified atom stereocenters. The first-order valence-corrected chi connectivity index (χ1v) is 8.15. The Bertz CT molecular complexity index is 484. The molecule has 0 heterocycles. The standard InChI is InChI=1S/C17H24BrNO/c1-17(2)9-5-7-14(16(17)20)12-19(3)11-13-6-4-8-15(18)10-13/h4,6,8,10,14H,5,7,9,11-12H2,1-3H3. The Morgan fingerprint density at radius 2 is 2.15 bits per heavy atom. The molecule has 1 aliphatic rings. The van der Waals surface area contributed by atoms with Crippen molar-refractivity contribution >= 4 is 21.7 Å². The SMILES string of the molecule is CN(Cc1cccc(Br)c1)CC1CCCC(C)(C)C1=O. The molecule has 2 rings (SSSR count). The molecule has 0 aliphatic heterocycles. The van der Waals surface area contributed by atoms with Crippen LogP contribution in [0.1, 0.15) is 38.7 Å². The molecule has 2 nitrogen and oxygen atoms in total. The highest BCUT2D eigenvalue weighted by Gasteiger charge is 2.37. The maximum absolute atomic E-state index is 12.5. The predicted octanol–water partition coefficient (Wildman–Crippen LogP) is 4.28. The van der Waals surface area contributed by atoms with Crippen molar-refractivity contribution < 1.29 is 4.79 Å². The Hall–Kier alpha value is -0.670. The lowest BCUT2D eigenvalue weighted by molar-refractivity contribution is -0.134. The van der Waals surface area contributed by atoms with Gasteiger partial charge in [0.2, 0.25) is 0 Å². The van der Waals surface area contributed by atoms with Crippen LogP contribution in [0.15, 0.2) is 28.7 Å². The molecule has 0 N–H and O–H groups in total. The first-order valence-electron chi connectivity index (χ1n) is 7.36. The highest BCUT2D eigenvalue weighted by Crippen LogP contribution is 2.35. The molecule has 0 amide bonds. The molecule has 1 saturated carbocycles. The van der Waals surface area contributed by atoms with Crippen LogP contribution >= 0.6 is 15.9 Å². The Balaban J connectivity index is 1.94. The van der Waals surface area contributed by atoms with E-state index >= 15 is 0 Å². The average Bonchev–Trinajstić information content (AvgIpc) is 2.35. The molecule has 0 spiro atoms. The largest absolute Gasteiger partial charge is 0.301 e. The summed E-state index contributed by atoms with van der Waals surface area (Å²) in [7, 11) is 2.11. The van der Waals surface area contributed by atoms with Crippen LogP contribution in [0.2, 0.25) is 0 Å². The van der Waals surface area contributed by atoms with E-state index in [2.05, 4.69) is 59.9 Å². The summed E-state index contributed by atoms with van der Waals surface area (Å²) in [4.78, 5) is 14.7. The van der Waals surface area contributed by atoms with Gasteiger partial charge in [0.15, 0.2) is 0 Å². The molecule has 1 aromatic carbocycles. The summed E-state index contributed by atoms with van der Waals surface area (Å²) < 4.78 is 1.11. The van der Waals surface area contributed by atoms with Crippen LogP contribution in [0, 0.1) is 11.3 Å². The Kier molecular flexibility index (Phi) is 5.03. The van der Waals surface area contributed by atoms with Gasteiger partial charge in [-0.25, -0.2) is 0 Å². The van der Waals surface area contributed by atoms with E-state index in [0.717, 1.165) is 30.4 Å². The number of halogens is 1. The van der Waals surface area contributed by atoms with Crippen LogP contribution < -0.4 is 0 Å². The van der Waals surface area contributed by atoms with Crippen LogP contribution in [-0.2, 0) is 11.3 Å². The lowest BCUT2D eigenvalue weighted by Crippen LogP contribution is -2.40. The van der Waals surface area contributed by atoms with Crippen molar-refractivity contribution in [2.75, 3.05) is 13.6 Å². The van der Waals surface area contributed by atoms with Gasteiger partial charge in [0.05, 0.1) is 0 Å². The van der Waals surface area contributed by atoms with E-state index in [1.54, 1.807) is 0 Å². The lowest BCUT2D eigenvalue weighted by Gasteiger charge is -2.35. The van der Waals surface area contributed by atoms with Gasteiger partial charge < -0.3 is 4.90 Å². The summed E-state index contributed by atoms with van der Waals surface area (Å²) in [6.07, 6.45) is 3.26. The third-order valence-electron chi connectivity index (χ3n) is 4.27. The molecule has 110 valence electrons. The third kappa shape index (κ3) is 3.92. The molecule has 3 heteroatoms. The molecule has 1 aliphatic carbocycles. The number of hydrogen-bond donors (Lipinski definition) is 0. The van der Waals surface area contributed by atoms with Gasteiger partial charge in [0, 0.05) is 28.9 Å². The second-order valence-corrected chi connectivity index (χ2v) is 7.58. The van der Waals surface area contributed by atoms with Gasteiger partial charge in [-0.1, -0.05) is 48.3 Å². The van der Waals surface area contributed by atoms with Gasteiger partial charge >= 0.3 is 0 Å². The molecular weight excluding hydrogens is 314 g/mol. The fourth-order valence-electron chi connectivity index (χ4n) is 3.16. The molecular formula is C17H24BrNO. The number of Topliss-reactive ketones (excluding diaryl/α,β-unsaturated/α-hetero) is 1. The summed E-state index contributed by atoms with van der Waals surface area (Å²) in [5, 5.41) is 0. The molecule has 1 aromatic rings. The monoisotopic (exact) mass is 337 g/mol. The maximum atomic E-state index is 12.5. The van der Waals surface area contributed by atoms with E-state index in [9.17, 15) is 4.79 Å². The van der Waals surface area contributed by atoms with Gasteiger partial charge in [-0.05, 0) is 37.6 Å². The normalized spacial score (nSPS) is 22.2. The van der Waals surface area contributed by atoms with Gasteiger partial charge in [0.25, 0.3) is 0 Å². The van der Waals surface area contributed by atoms with E-state index < -0.39 is 0 Å². The Morgan fingerprint density at radius 3 is 2.85 bits per heavy atom. The van der Waals surface area contributed by atoms with E-state index in [4.69, 9.17) is 0 Å². The minimum absolute atomic E-state index is 0.125. The Morgan fingerprint density at radius 1 is 1.40 bits per heavy atom. The van der Waals surface area contributed by atoms with Crippen molar-refractivity contribution in [1.82, 2.24) is 4.90 Å². The van der Waals surface area contributed by atoms with Crippen molar-refractivity contribution in [2.24, 2.45) is 11.3 Å². The van der Waals surface area contributed by atoms with Crippen molar-refractivity contribution in [3.05, 3.63) is 34.3 Å². The fourth-order valence-corrected chi connectivity index (χ4v) is 3.61. The van der Waals surface area contributed by atoms with Gasteiger partial charge in [-0.15, -0.1) is 0 Å². The van der Waals surface area contributed by atoms with Crippen LogP contribution in [0.25, 0.3) is 0 Å². The summed E-state index contributed by atoms with van der Waals surface area (Å²) in [5.74, 6) is 0.653. The third-order valence-corrected chi connectivity index (χ3v) is 4.76. The molecule has 0 saturated heterocycles. The molecule has 0 radical (unpaired) electrons. The maximum Gasteiger partial charge on any atom is 0.142 e. The van der Waals surface area contributed by atoms with Crippen LogP contribution in [0.3, 0.4) is 0 Å². The van der Waals surface area contributed by atoms with E-state index in [-0.39, 0.29) is 11.3 Å². The fraction of sp³-hybridized carbons (Fsp3) is 0.588. The van der Waals surface area contributed by atoms with Crippen molar-refractivity contribution in [3.63, 3.8) is 0 Å². The topological polar surface area (TPSA) is 20.3 Å². The first-order chi connectivity index (χ1) is 9.38. The smallest absolute Gasteiger partial charge is 0.142 e. The van der Waals surface area contributed by atoms with E-state index in [1.165, 1.54) is 12.0 Å². The second-order valence-electron chi connectivity index (χ2n) is 6.66. The van der Waals surface area contributed by atoms with Crippen LogP contribution in [0.5, 0.6) is 0 Å².